The summed E-state index contributed by atoms with van der Waals surface area (Å²) in [7, 11) is 1.35. The van der Waals surface area contributed by atoms with E-state index in [1.807, 2.05) is 5.32 Å². The highest BCUT2D eigenvalue weighted by atomic mass is 16.4. The van der Waals surface area contributed by atoms with Gasteiger partial charge >= 0.3 is 5.97 Å². The van der Waals surface area contributed by atoms with Crippen LogP contribution in [0.15, 0.2) is 23.0 Å². The van der Waals surface area contributed by atoms with Gasteiger partial charge < -0.3 is 21.3 Å². The molecule has 0 spiro atoms. The number of rotatable bonds is 4. The molecule has 0 bridgehead atoms. The summed E-state index contributed by atoms with van der Waals surface area (Å²) in [6, 6.07) is 4.32. The molecule has 0 aliphatic rings. The van der Waals surface area contributed by atoms with Crippen LogP contribution in [0.1, 0.15) is 20.7 Å². The van der Waals surface area contributed by atoms with E-state index in [1.165, 1.54) is 29.8 Å². The van der Waals surface area contributed by atoms with Gasteiger partial charge in [-0.3, -0.25) is 19.2 Å². The number of carbonyl (C=O) groups excluding carboxylic acids is 2. The molecule has 0 fully saturated rings. The van der Waals surface area contributed by atoms with Crippen LogP contribution in [0.3, 0.4) is 0 Å². The number of aromatic hydroxyl groups is 1. The molecule has 0 aliphatic heterocycles. The predicted molar refractivity (Wildman–Crippen MR) is 88.1 cm³/mol. The molecule has 11 nitrogen and oxygen atoms in total. The quantitative estimate of drug-likeness (QED) is 0.453. The van der Waals surface area contributed by atoms with E-state index >= 15 is 0 Å². The van der Waals surface area contributed by atoms with Crippen molar-refractivity contribution in [1.29, 1.82) is 0 Å². The average Bonchev–Trinajstić information content (AvgIpc) is 2.97. The van der Waals surface area contributed by atoms with E-state index in [0.29, 0.717) is 5.52 Å². The molecule has 2 heterocycles. The molecule has 2 aromatic heterocycles. The Morgan fingerprint density at radius 1 is 1.31 bits per heavy atom. The third-order valence-electron chi connectivity index (χ3n) is 3.80. The number of nitrogens with zero attached hydrogens (tertiary/aromatic N) is 3. The van der Waals surface area contributed by atoms with Gasteiger partial charge in [-0.2, -0.15) is 0 Å². The van der Waals surface area contributed by atoms with Crippen molar-refractivity contribution < 1.29 is 24.6 Å². The fourth-order valence-corrected chi connectivity index (χ4v) is 2.59. The van der Waals surface area contributed by atoms with Crippen molar-refractivity contribution in [2.45, 2.75) is 0 Å². The summed E-state index contributed by atoms with van der Waals surface area (Å²) in [4.78, 5) is 50.6. The minimum atomic E-state index is -1.30. The first-order valence-corrected chi connectivity index (χ1v) is 7.26. The molecule has 0 atom stereocenters. The second kappa shape index (κ2) is 5.88. The lowest BCUT2D eigenvalue weighted by Gasteiger charge is -2.10. The van der Waals surface area contributed by atoms with E-state index in [-0.39, 0.29) is 16.7 Å². The Morgan fingerprint density at radius 2 is 2.00 bits per heavy atom. The monoisotopic (exact) mass is 359 g/mol. The number of benzene rings is 1. The summed E-state index contributed by atoms with van der Waals surface area (Å²) in [5.41, 5.74) is 4.49. The summed E-state index contributed by atoms with van der Waals surface area (Å²) in [5, 5.41) is 21.0. The molecule has 2 amide bonds. The Labute approximate surface area is 144 Å². The normalized spacial score (nSPS) is 11.0. The van der Waals surface area contributed by atoms with Crippen molar-refractivity contribution in [2.24, 2.45) is 12.8 Å². The number of carboxylic acid groups (broad SMARTS) is 1. The molecular weight excluding hydrogens is 346 g/mol. The molecule has 3 rings (SSSR count). The van der Waals surface area contributed by atoms with E-state index in [1.54, 1.807) is 0 Å². The molecule has 3 aromatic rings. The standard InChI is InChI=1S/C15H13N5O6/c1-19-15(26)10(14(25)17-5-9(21)22)11(23)13-18-7-4-6(12(16)24)2-3-8(7)20(13)19/h2-4,23H,5H2,1H3,(H2,16,24)(H,17,25)(H,21,22). The summed E-state index contributed by atoms with van der Waals surface area (Å²) >= 11 is 0. The Hall–Kier alpha value is -3.89. The lowest BCUT2D eigenvalue weighted by molar-refractivity contribution is -0.135. The molecule has 0 aliphatic carbocycles. The molecule has 5 N–H and O–H groups in total. The number of amides is 2. The largest absolute Gasteiger partial charge is 0.504 e. The highest BCUT2D eigenvalue weighted by molar-refractivity contribution is 6.01. The van der Waals surface area contributed by atoms with Crippen molar-refractivity contribution in [2.75, 3.05) is 6.54 Å². The maximum absolute atomic E-state index is 12.5. The van der Waals surface area contributed by atoms with Crippen molar-refractivity contribution in [3.05, 3.63) is 39.7 Å². The average molecular weight is 359 g/mol. The number of fused-ring (bicyclic) bond motifs is 3. The highest BCUT2D eigenvalue weighted by Gasteiger charge is 2.24. The summed E-state index contributed by atoms with van der Waals surface area (Å²) < 4.78 is 2.32. The van der Waals surface area contributed by atoms with Gasteiger partial charge in [0.15, 0.2) is 17.0 Å². The van der Waals surface area contributed by atoms with E-state index in [4.69, 9.17) is 10.8 Å². The summed E-state index contributed by atoms with van der Waals surface area (Å²) in [5.74, 6) is -3.72. The van der Waals surface area contributed by atoms with Gasteiger partial charge in [-0.05, 0) is 18.2 Å². The first kappa shape index (κ1) is 17.0. The first-order chi connectivity index (χ1) is 12.2. The fraction of sp³-hybridized carbons (Fsp3) is 0.133. The molecular formula is C15H13N5O6. The first-order valence-electron chi connectivity index (χ1n) is 7.26. The summed E-state index contributed by atoms with van der Waals surface area (Å²) in [6.07, 6.45) is 0. The van der Waals surface area contributed by atoms with Crippen molar-refractivity contribution in [3.8, 4) is 5.75 Å². The van der Waals surface area contributed by atoms with Crippen LogP contribution in [0, 0.1) is 0 Å². The van der Waals surface area contributed by atoms with Crippen molar-refractivity contribution in [1.82, 2.24) is 19.5 Å². The third kappa shape index (κ3) is 2.51. The molecule has 1 aromatic carbocycles. The van der Waals surface area contributed by atoms with Crippen LogP contribution in [-0.2, 0) is 11.8 Å². The lowest BCUT2D eigenvalue weighted by atomic mass is 10.2. The number of hydrogen-bond acceptors (Lipinski definition) is 6. The number of aromatic nitrogens is 3. The Morgan fingerprint density at radius 3 is 2.62 bits per heavy atom. The zero-order valence-corrected chi connectivity index (χ0v) is 13.4. The Kier molecular flexibility index (Phi) is 3.83. The molecule has 0 unspecified atom stereocenters. The maximum atomic E-state index is 12.5. The van der Waals surface area contributed by atoms with Crippen LogP contribution in [-0.4, -0.2) is 48.7 Å². The van der Waals surface area contributed by atoms with Crippen LogP contribution in [0.5, 0.6) is 5.75 Å². The predicted octanol–water partition coefficient (Wildman–Crippen LogP) is -1.19. The smallest absolute Gasteiger partial charge is 0.322 e. The number of primary amides is 1. The number of aryl methyl sites for hydroxylation is 1. The minimum absolute atomic E-state index is 0.107. The second-order valence-electron chi connectivity index (χ2n) is 5.44. The minimum Gasteiger partial charge on any atom is -0.504 e. The number of nitrogens with two attached hydrogens (primary N) is 1. The van der Waals surface area contributed by atoms with Crippen molar-refractivity contribution >= 4 is 34.5 Å². The summed E-state index contributed by atoms with van der Waals surface area (Å²) in [6.45, 7) is -0.717. The van der Waals surface area contributed by atoms with Gasteiger partial charge in [0.05, 0.1) is 11.0 Å². The van der Waals surface area contributed by atoms with Gasteiger partial charge in [0.25, 0.3) is 11.5 Å². The van der Waals surface area contributed by atoms with Gasteiger partial charge in [0.1, 0.15) is 6.54 Å². The topological polar surface area (TPSA) is 169 Å². The second-order valence-corrected chi connectivity index (χ2v) is 5.44. The number of carboxylic acids is 1. The van der Waals surface area contributed by atoms with E-state index in [2.05, 4.69) is 4.98 Å². The van der Waals surface area contributed by atoms with Crippen LogP contribution in [0.25, 0.3) is 16.7 Å². The highest BCUT2D eigenvalue weighted by Crippen LogP contribution is 2.25. The van der Waals surface area contributed by atoms with Gasteiger partial charge in [-0.15, -0.1) is 0 Å². The molecule has 0 saturated carbocycles. The Balaban J connectivity index is 2.29. The van der Waals surface area contributed by atoms with Gasteiger partial charge in [-0.1, -0.05) is 0 Å². The van der Waals surface area contributed by atoms with Gasteiger partial charge in [-0.25, -0.2) is 14.2 Å². The van der Waals surface area contributed by atoms with E-state index in [0.717, 1.165) is 4.68 Å². The molecule has 134 valence electrons. The van der Waals surface area contributed by atoms with E-state index in [9.17, 15) is 24.3 Å². The van der Waals surface area contributed by atoms with Crippen LogP contribution in [0.2, 0.25) is 0 Å². The van der Waals surface area contributed by atoms with Crippen molar-refractivity contribution in [3.63, 3.8) is 0 Å². The SMILES string of the molecule is Cn1c(=O)c(C(=O)NCC(=O)O)c(O)c2nc3cc(C(N)=O)ccc3n21. The fourth-order valence-electron chi connectivity index (χ4n) is 2.59. The van der Waals surface area contributed by atoms with Crippen LogP contribution >= 0.6 is 0 Å². The van der Waals surface area contributed by atoms with E-state index < -0.39 is 41.2 Å². The number of aliphatic carboxylic acids is 1. The van der Waals surface area contributed by atoms with Crippen LogP contribution in [0.4, 0.5) is 0 Å². The molecule has 0 radical (unpaired) electrons. The molecule has 0 saturated heterocycles. The number of imidazole rings is 1. The zero-order valence-electron chi connectivity index (χ0n) is 13.4. The van der Waals surface area contributed by atoms with Gasteiger partial charge in [0, 0.05) is 12.6 Å². The lowest BCUT2D eigenvalue weighted by Crippen LogP contribution is -2.36. The zero-order chi connectivity index (χ0) is 19.2. The Bertz CT molecular complexity index is 1160. The van der Waals surface area contributed by atoms with Gasteiger partial charge in [0.2, 0.25) is 5.91 Å². The molecule has 11 heteroatoms. The number of nitrogens with one attached hydrogen (secondary N) is 1. The number of hydrogen-bond donors (Lipinski definition) is 4. The number of carbonyl (C=O) groups is 3. The molecule has 26 heavy (non-hydrogen) atoms. The third-order valence-corrected chi connectivity index (χ3v) is 3.80. The maximum Gasteiger partial charge on any atom is 0.322 e. The van der Waals surface area contributed by atoms with Crippen LogP contribution < -0.4 is 16.6 Å².